The first-order valence-corrected chi connectivity index (χ1v) is 13.5. The second-order valence-corrected chi connectivity index (χ2v) is 11.0. The number of aliphatic hydroxyl groups is 2. The van der Waals surface area contributed by atoms with Crippen LogP contribution in [0.15, 0.2) is 36.0 Å². The van der Waals surface area contributed by atoms with Crippen LogP contribution in [-0.4, -0.2) is 68.4 Å². The Morgan fingerprint density at radius 2 is 1.88 bits per heavy atom. The monoisotopic (exact) mass is 549 g/mol. The van der Waals surface area contributed by atoms with Gasteiger partial charge >= 0.3 is 5.97 Å². The van der Waals surface area contributed by atoms with E-state index in [-0.39, 0.29) is 51.8 Å². The Morgan fingerprint density at radius 1 is 1.12 bits per heavy atom. The maximum absolute atomic E-state index is 14.4. The minimum Gasteiger partial charge on any atom is -0.507 e. The van der Waals surface area contributed by atoms with Gasteiger partial charge in [-0.25, -0.2) is 4.79 Å². The van der Waals surface area contributed by atoms with Crippen LogP contribution in [0.4, 0.5) is 0 Å². The van der Waals surface area contributed by atoms with Crippen molar-refractivity contribution in [3.05, 3.63) is 63.8 Å². The van der Waals surface area contributed by atoms with E-state index in [0.717, 1.165) is 0 Å². The van der Waals surface area contributed by atoms with Gasteiger partial charge in [0.25, 0.3) is 0 Å². The zero-order valence-corrected chi connectivity index (χ0v) is 22.6. The molecular formula is C30H31NO9. The quantitative estimate of drug-likeness (QED) is 0.487. The summed E-state index contributed by atoms with van der Waals surface area (Å²) in [5, 5.41) is 31.3. The molecule has 3 aliphatic heterocycles. The number of hydrogen-bond donors (Lipinski definition) is 3. The first-order chi connectivity index (χ1) is 19.0. The number of ether oxygens (including phenoxy) is 3. The molecule has 7 atom stereocenters. The van der Waals surface area contributed by atoms with E-state index in [1.54, 1.807) is 30.9 Å². The van der Waals surface area contributed by atoms with E-state index >= 15 is 0 Å². The number of aryl methyl sites for hydroxylation is 1. The normalized spacial score (nSPS) is 29.9. The average Bonchev–Trinajstić information content (AvgIpc) is 3.26. The van der Waals surface area contributed by atoms with Crippen molar-refractivity contribution in [2.24, 2.45) is 5.92 Å². The van der Waals surface area contributed by atoms with E-state index in [9.17, 15) is 29.7 Å². The molecule has 4 aliphatic rings. The van der Waals surface area contributed by atoms with Crippen molar-refractivity contribution < 1.29 is 43.9 Å². The van der Waals surface area contributed by atoms with Crippen LogP contribution in [0, 0.1) is 12.8 Å². The smallest absolute Gasteiger partial charge is 0.331 e. The highest BCUT2D eigenvalue weighted by molar-refractivity contribution is 6.41. The average molecular weight is 550 g/mol. The molecule has 10 heteroatoms. The number of nitrogens with zero attached hydrogens (tertiary/aromatic N) is 1. The van der Waals surface area contributed by atoms with E-state index in [4.69, 9.17) is 14.2 Å². The van der Waals surface area contributed by atoms with E-state index in [0.29, 0.717) is 17.5 Å². The Morgan fingerprint density at radius 3 is 2.58 bits per heavy atom. The maximum Gasteiger partial charge on any atom is 0.331 e. The van der Waals surface area contributed by atoms with E-state index in [2.05, 4.69) is 0 Å². The molecule has 6 rings (SSSR count). The van der Waals surface area contributed by atoms with E-state index in [1.807, 2.05) is 13.8 Å². The van der Waals surface area contributed by atoms with Crippen LogP contribution in [0.3, 0.4) is 0 Å². The zero-order chi connectivity index (χ0) is 28.6. The molecule has 3 heterocycles. The summed E-state index contributed by atoms with van der Waals surface area (Å²) in [6, 6.07) is 7.08. The minimum atomic E-state index is -1.09. The molecule has 2 aromatic carbocycles. The molecule has 40 heavy (non-hydrogen) atoms. The van der Waals surface area contributed by atoms with Crippen LogP contribution in [0.2, 0.25) is 0 Å². The van der Waals surface area contributed by atoms with Crippen molar-refractivity contribution in [1.82, 2.24) is 4.90 Å². The number of hydrogen-bond acceptors (Lipinski definition) is 10. The van der Waals surface area contributed by atoms with Gasteiger partial charge < -0.3 is 34.4 Å². The first kappa shape index (κ1) is 26.5. The van der Waals surface area contributed by atoms with Crippen molar-refractivity contribution in [2.75, 3.05) is 0 Å². The number of phenolic OH excluding ortho intramolecular Hbond substituents is 1. The summed E-state index contributed by atoms with van der Waals surface area (Å²) in [5.41, 5.74) is 1.42. The van der Waals surface area contributed by atoms with Crippen LogP contribution in [-0.2, 0) is 14.3 Å². The van der Waals surface area contributed by atoms with Gasteiger partial charge in [0.05, 0.1) is 23.3 Å². The Kier molecular flexibility index (Phi) is 6.25. The molecule has 2 saturated heterocycles. The highest BCUT2D eigenvalue weighted by atomic mass is 16.7. The number of carbonyl (C=O) groups is 3. The molecule has 10 nitrogen and oxygen atoms in total. The third-order valence-electron chi connectivity index (χ3n) is 8.38. The molecule has 210 valence electrons. The van der Waals surface area contributed by atoms with Crippen molar-refractivity contribution in [3.8, 4) is 11.5 Å². The lowest BCUT2D eigenvalue weighted by atomic mass is 9.77. The number of benzene rings is 2. The predicted octanol–water partition coefficient (Wildman–Crippen LogP) is 3.01. The molecule has 0 aromatic heterocycles. The lowest BCUT2D eigenvalue weighted by molar-refractivity contribution is -0.216. The first-order valence-electron chi connectivity index (χ1n) is 13.5. The van der Waals surface area contributed by atoms with E-state index < -0.39 is 54.4 Å². The number of aromatic hydroxyl groups is 1. The Bertz CT molecular complexity index is 1470. The van der Waals surface area contributed by atoms with Gasteiger partial charge in [-0.3, -0.25) is 9.59 Å². The zero-order valence-electron chi connectivity index (χ0n) is 22.6. The third kappa shape index (κ3) is 3.77. The number of carbonyl (C=O) groups excluding carboxylic acids is 3. The molecular weight excluding hydrogens is 518 g/mol. The lowest BCUT2D eigenvalue weighted by Gasteiger charge is -2.40. The summed E-state index contributed by atoms with van der Waals surface area (Å²) in [5.74, 6) is -1.86. The topological polar surface area (TPSA) is 143 Å². The fraction of sp³-hybridized carbons (Fsp3) is 0.433. The molecule has 2 fully saturated rings. The predicted molar refractivity (Wildman–Crippen MR) is 140 cm³/mol. The summed E-state index contributed by atoms with van der Waals surface area (Å²) in [4.78, 5) is 43.4. The minimum absolute atomic E-state index is 0.000771. The van der Waals surface area contributed by atoms with Gasteiger partial charge in [0.15, 0.2) is 5.78 Å². The number of allylic oxidation sites excluding steroid dienone is 2. The Labute approximate surface area is 230 Å². The number of rotatable bonds is 4. The summed E-state index contributed by atoms with van der Waals surface area (Å²) in [7, 11) is 0. The molecule has 0 bridgehead atoms. The highest BCUT2D eigenvalue weighted by Gasteiger charge is 2.55. The lowest BCUT2D eigenvalue weighted by Crippen LogP contribution is -2.48. The van der Waals surface area contributed by atoms with Crippen LogP contribution >= 0.6 is 0 Å². The van der Waals surface area contributed by atoms with E-state index in [1.165, 1.54) is 18.2 Å². The van der Waals surface area contributed by atoms with Gasteiger partial charge in [0, 0.05) is 23.1 Å². The molecule has 0 unspecified atom stereocenters. The number of fused-ring (bicyclic) bond motifs is 6. The fourth-order valence-electron chi connectivity index (χ4n) is 6.20. The van der Waals surface area contributed by atoms with Crippen LogP contribution in [0.1, 0.15) is 77.2 Å². The van der Waals surface area contributed by atoms with Crippen molar-refractivity contribution in [1.29, 1.82) is 0 Å². The van der Waals surface area contributed by atoms with Crippen LogP contribution in [0.5, 0.6) is 11.5 Å². The Hall–Kier alpha value is -3.73. The molecule has 0 amide bonds. The molecule has 3 N–H and O–H groups in total. The summed E-state index contributed by atoms with van der Waals surface area (Å²) in [6.45, 7) is 7.20. The summed E-state index contributed by atoms with van der Waals surface area (Å²) >= 11 is 0. The summed E-state index contributed by atoms with van der Waals surface area (Å²) in [6.07, 6.45) is -4.28. The number of esters is 1. The molecule has 1 aliphatic carbocycles. The molecule has 2 aromatic rings. The molecule has 0 saturated carbocycles. The van der Waals surface area contributed by atoms with Gasteiger partial charge in [-0.15, -0.1) is 0 Å². The van der Waals surface area contributed by atoms with Gasteiger partial charge in [0.2, 0.25) is 18.3 Å². The number of phenols is 1. The standard InChI is InChI=1S/C30H31NO9/c1-5-13(3)24-30(37)40-29-16-9-12(2)10-17(32)21(16)23-25(31(24)29)28(36)22-15(27(23)35)7-6-8-19(22)39-20-11-18(33)26(34)14(4)38-20/h6-10,13-14,18,20,24,26,29,32-34H,5,11H2,1-4H3/t13-,14-,18+,20-,24-,26-,29-/m0/s1. The van der Waals surface area contributed by atoms with Gasteiger partial charge in [0.1, 0.15) is 29.3 Å². The second-order valence-electron chi connectivity index (χ2n) is 11.0. The molecule has 0 spiro atoms. The van der Waals surface area contributed by atoms with Crippen LogP contribution < -0.4 is 4.74 Å². The van der Waals surface area contributed by atoms with Gasteiger partial charge in [-0.1, -0.05) is 32.4 Å². The number of aliphatic hydroxyl groups excluding tert-OH is 2. The second kappa shape index (κ2) is 9.43. The van der Waals surface area contributed by atoms with Crippen molar-refractivity contribution in [2.45, 2.75) is 77.4 Å². The van der Waals surface area contributed by atoms with Crippen molar-refractivity contribution >= 4 is 23.1 Å². The summed E-state index contributed by atoms with van der Waals surface area (Å²) < 4.78 is 17.5. The third-order valence-corrected chi connectivity index (χ3v) is 8.38. The highest BCUT2D eigenvalue weighted by Crippen LogP contribution is 2.53. The van der Waals surface area contributed by atoms with Gasteiger partial charge in [-0.05, 0) is 43.5 Å². The maximum atomic E-state index is 14.4. The largest absolute Gasteiger partial charge is 0.507 e. The SMILES string of the molecule is CC[C@H](C)[C@H]1C(=O)O[C@H]2c3cc(C)cc(O)c3C3=C(C(=O)c4c(O[C@H]5C[C@@H](O)[C@@H](O)[C@H](C)O5)cccc4C3=O)N12. The molecule has 0 radical (unpaired) electrons. The fourth-order valence-corrected chi connectivity index (χ4v) is 6.20. The van der Waals surface area contributed by atoms with Crippen molar-refractivity contribution in [3.63, 3.8) is 0 Å². The van der Waals surface area contributed by atoms with Crippen LogP contribution in [0.25, 0.3) is 5.57 Å². The number of ketones is 2. The van der Waals surface area contributed by atoms with Gasteiger partial charge in [-0.2, -0.15) is 0 Å². The number of Topliss-reactive ketones (excluding diaryl/α,β-unsaturated/α-hetero) is 2. The Balaban J connectivity index is 1.52.